The van der Waals surface area contributed by atoms with Crippen LogP contribution in [0.3, 0.4) is 0 Å². The zero-order valence-electron chi connectivity index (χ0n) is 14.3. The third-order valence-electron chi connectivity index (χ3n) is 4.90. The number of carbonyl (C=O) groups is 1. The molecule has 5 nitrogen and oxygen atoms in total. The Kier molecular flexibility index (Phi) is 4.24. The summed E-state index contributed by atoms with van der Waals surface area (Å²) in [6.07, 6.45) is 0.744. The fourth-order valence-corrected chi connectivity index (χ4v) is 3.63. The summed E-state index contributed by atoms with van der Waals surface area (Å²) in [6, 6.07) is 16.3. The zero-order valence-corrected chi connectivity index (χ0v) is 14.3. The van der Waals surface area contributed by atoms with Crippen molar-refractivity contribution in [2.45, 2.75) is 32.5 Å². The minimum atomic E-state index is -0.156. The van der Waals surface area contributed by atoms with E-state index >= 15 is 0 Å². The van der Waals surface area contributed by atoms with Gasteiger partial charge in [0, 0.05) is 25.0 Å². The number of hydrogen-bond donors (Lipinski definition) is 2. The fraction of sp³-hybridized carbons (Fsp3) is 0.300. The number of aromatic amines is 1. The molecule has 2 N–H and O–H groups in total. The average molecular weight is 334 g/mol. The van der Waals surface area contributed by atoms with Gasteiger partial charge in [0.2, 0.25) is 5.91 Å². The number of para-hydroxylation sites is 1. The highest BCUT2D eigenvalue weighted by Gasteiger charge is 2.31. The van der Waals surface area contributed by atoms with Crippen LogP contribution in [-0.4, -0.2) is 33.6 Å². The number of amides is 1. The lowest BCUT2D eigenvalue weighted by molar-refractivity contribution is -0.127. The molecule has 4 rings (SSSR count). The standard InChI is InChI=1S/C20H22N4O/c1-2-21-20(25)19-11-14-7-3-4-8-15(14)12-24(19)13-18-16-9-5-6-10-17(16)22-23-18/h3-10,19H,2,11-13H2,1H3,(H,21,25)(H,22,23)/t19-/m1/s1. The molecule has 25 heavy (non-hydrogen) atoms. The first kappa shape index (κ1) is 15.8. The van der Waals surface area contributed by atoms with Gasteiger partial charge in [-0.1, -0.05) is 42.5 Å². The molecule has 3 aromatic rings. The van der Waals surface area contributed by atoms with E-state index in [0.29, 0.717) is 13.1 Å². The van der Waals surface area contributed by atoms with Gasteiger partial charge in [-0.25, -0.2) is 0 Å². The molecule has 0 fully saturated rings. The number of carbonyl (C=O) groups excluding carboxylic acids is 1. The summed E-state index contributed by atoms with van der Waals surface area (Å²) in [6.45, 7) is 4.06. The van der Waals surface area contributed by atoms with Crippen LogP contribution < -0.4 is 5.32 Å². The third kappa shape index (κ3) is 3.03. The third-order valence-corrected chi connectivity index (χ3v) is 4.90. The first-order valence-corrected chi connectivity index (χ1v) is 8.76. The highest BCUT2D eigenvalue weighted by Crippen LogP contribution is 2.26. The second-order valence-corrected chi connectivity index (χ2v) is 6.51. The van der Waals surface area contributed by atoms with E-state index < -0.39 is 0 Å². The van der Waals surface area contributed by atoms with Gasteiger partial charge in [-0.3, -0.25) is 14.8 Å². The number of fused-ring (bicyclic) bond motifs is 2. The van der Waals surface area contributed by atoms with Gasteiger partial charge in [0.1, 0.15) is 0 Å². The van der Waals surface area contributed by atoms with E-state index in [2.05, 4.69) is 44.7 Å². The average Bonchev–Trinajstić information content (AvgIpc) is 3.04. The number of likely N-dealkylation sites (N-methyl/N-ethyl adjacent to an activating group) is 1. The molecule has 128 valence electrons. The predicted molar refractivity (Wildman–Crippen MR) is 98.0 cm³/mol. The molecule has 0 unspecified atom stereocenters. The van der Waals surface area contributed by atoms with E-state index in [0.717, 1.165) is 29.6 Å². The number of H-pyrrole nitrogens is 1. The molecule has 1 atom stereocenters. The van der Waals surface area contributed by atoms with Gasteiger partial charge >= 0.3 is 0 Å². The topological polar surface area (TPSA) is 61.0 Å². The van der Waals surface area contributed by atoms with Crippen molar-refractivity contribution < 1.29 is 4.79 Å². The monoisotopic (exact) mass is 334 g/mol. The van der Waals surface area contributed by atoms with Gasteiger partial charge in [0.05, 0.1) is 17.3 Å². The lowest BCUT2D eigenvalue weighted by atomic mass is 9.93. The normalized spacial score (nSPS) is 17.4. The molecule has 1 aromatic heterocycles. The lowest BCUT2D eigenvalue weighted by Gasteiger charge is -2.35. The molecular formula is C20H22N4O. The summed E-state index contributed by atoms with van der Waals surface area (Å²) in [7, 11) is 0. The quantitative estimate of drug-likeness (QED) is 0.771. The summed E-state index contributed by atoms with van der Waals surface area (Å²) in [5.41, 5.74) is 4.59. The van der Waals surface area contributed by atoms with Gasteiger partial charge in [0.25, 0.3) is 0 Å². The molecule has 0 aliphatic carbocycles. The first-order valence-electron chi connectivity index (χ1n) is 8.76. The van der Waals surface area contributed by atoms with E-state index in [-0.39, 0.29) is 11.9 Å². The van der Waals surface area contributed by atoms with Crippen molar-refractivity contribution in [3.05, 3.63) is 65.4 Å². The van der Waals surface area contributed by atoms with Gasteiger partial charge in [-0.15, -0.1) is 0 Å². The van der Waals surface area contributed by atoms with Gasteiger partial charge in [0.15, 0.2) is 0 Å². The van der Waals surface area contributed by atoms with Crippen LogP contribution in [0.2, 0.25) is 0 Å². The molecular weight excluding hydrogens is 312 g/mol. The van der Waals surface area contributed by atoms with Crippen LogP contribution in [0.15, 0.2) is 48.5 Å². The Labute approximate surface area is 147 Å². The summed E-state index contributed by atoms with van der Waals surface area (Å²) >= 11 is 0. The number of hydrogen-bond acceptors (Lipinski definition) is 3. The highest BCUT2D eigenvalue weighted by molar-refractivity contribution is 5.83. The predicted octanol–water partition coefficient (Wildman–Crippen LogP) is 2.63. The van der Waals surface area contributed by atoms with Crippen LogP contribution in [0.4, 0.5) is 0 Å². The maximum Gasteiger partial charge on any atom is 0.237 e. The van der Waals surface area contributed by atoms with Gasteiger partial charge in [-0.05, 0) is 30.5 Å². The highest BCUT2D eigenvalue weighted by atomic mass is 16.2. The van der Waals surface area contributed by atoms with E-state index in [1.807, 2.05) is 31.2 Å². The van der Waals surface area contributed by atoms with Crippen LogP contribution in [0.25, 0.3) is 10.9 Å². The molecule has 0 saturated heterocycles. The minimum absolute atomic E-state index is 0.0980. The van der Waals surface area contributed by atoms with Crippen molar-refractivity contribution >= 4 is 16.8 Å². The second kappa shape index (κ2) is 6.69. The first-order chi connectivity index (χ1) is 12.3. The summed E-state index contributed by atoms with van der Waals surface area (Å²) < 4.78 is 0. The maximum atomic E-state index is 12.6. The Morgan fingerprint density at radius 3 is 2.80 bits per heavy atom. The number of benzene rings is 2. The van der Waals surface area contributed by atoms with Crippen molar-refractivity contribution in [1.29, 1.82) is 0 Å². The Balaban J connectivity index is 1.66. The van der Waals surface area contributed by atoms with Crippen LogP contribution >= 0.6 is 0 Å². The number of nitrogens with one attached hydrogen (secondary N) is 2. The van der Waals surface area contributed by atoms with Crippen molar-refractivity contribution in [1.82, 2.24) is 20.4 Å². The summed E-state index contributed by atoms with van der Waals surface area (Å²) in [5, 5.41) is 11.6. The van der Waals surface area contributed by atoms with Crippen LogP contribution in [0.1, 0.15) is 23.7 Å². The molecule has 0 saturated carbocycles. The van der Waals surface area contributed by atoms with Crippen molar-refractivity contribution in [3.63, 3.8) is 0 Å². The molecule has 1 amide bonds. The number of nitrogens with zero attached hydrogens (tertiary/aromatic N) is 2. The molecule has 0 radical (unpaired) electrons. The van der Waals surface area contributed by atoms with Gasteiger partial charge < -0.3 is 5.32 Å². The minimum Gasteiger partial charge on any atom is -0.355 e. The van der Waals surface area contributed by atoms with Crippen LogP contribution in [-0.2, 0) is 24.3 Å². The van der Waals surface area contributed by atoms with E-state index in [9.17, 15) is 4.79 Å². The summed E-state index contributed by atoms with van der Waals surface area (Å²) in [5.74, 6) is 0.0980. The Morgan fingerprint density at radius 1 is 1.20 bits per heavy atom. The molecule has 2 heterocycles. The van der Waals surface area contributed by atoms with Crippen molar-refractivity contribution in [2.24, 2.45) is 0 Å². The van der Waals surface area contributed by atoms with E-state index in [1.54, 1.807) is 0 Å². The fourth-order valence-electron chi connectivity index (χ4n) is 3.63. The molecule has 1 aliphatic heterocycles. The lowest BCUT2D eigenvalue weighted by Crippen LogP contribution is -2.49. The Morgan fingerprint density at radius 2 is 1.96 bits per heavy atom. The summed E-state index contributed by atoms with van der Waals surface area (Å²) in [4.78, 5) is 14.9. The molecule has 5 heteroatoms. The largest absolute Gasteiger partial charge is 0.355 e. The molecule has 2 aromatic carbocycles. The SMILES string of the molecule is CCNC(=O)[C@H]1Cc2ccccc2CN1Cc1[nH]nc2ccccc12. The van der Waals surface area contributed by atoms with E-state index in [1.165, 1.54) is 11.1 Å². The van der Waals surface area contributed by atoms with Crippen molar-refractivity contribution in [2.75, 3.05) is 6.54 Å². The van der Waals surface area contributed by atoms with Crippen LogP contribution in [0.5, 0.6) is 0 Å². The molecule has 0 bridgehead atoms. The van der Waals surface area contributed by atoms with Crippen molar-refractivity contribution in [3.8, 4) is 0 Å². The number of aromatic nitrogens is 2. The smallest absolute Gasteiger partial charge is 0.237 e. The Bertz CT molecular complexity index is 901. The zero-order chi connectivity index (χ0) is 17.2. The van der Waals surface area contributed by atoms with E-state index in [4.69, 9.17) is 0 Å². The van der Waals surface area contributed by atoms with Crippen LogP contribution in [0, 0.1) is 0 Å². The molecule has 0 spiro atoms. The van der Waals surface area contributed by atoms with Gasteiger partial charge in [-0.2, -0.15) is 5.10 Å². The second-order valence-electron chi connectivity index (χ2n) is 6.51. The maximum absolute atomic E-state index is 12.6. The number of rotatable bonds is 4. The Hall–Kier alpha value is -2.66. The molecule has 1 aliphatic rings.